The van der Waals surface area contributed by atoms with Crippen LogP contribution in [0.25, 0.3) is 0 Å². The maximum absolute atomic E-state index is 12.9. The van der Waals surface area contributed by atoms with Crippen LogP contribution in [0.4, 0.5) is 0 Å². The lowest BCUT2D eigenvalue weighted by Crippen LogP contribution is -2.30. The predicted octanol–water partition coefficient (Wildman–Crippen LogP) is 4.59. The Labute approximate surface area is 176 Å². The van der Waals surface area contributed by atoms with Gasteiger partial charge < -0.3 is 18.4 Å². The minimum Gasteiger partial charge on any atom is -0.496 e. The fourth-order valence-electron chi connectivity index (χ4n) is 3.95. The van der Waals surface area contributed by atoms with Crippen molar-refractivity contribution in [3.05, 3.63) is 40.5 Å². The Bertz CT molecular complexity index is 806. The van der Waals surface area contributed by atoms with E-state index in [1.165, 1.54) is 0 Å². The Morgan fingerprint density at radius 1 is 1.14 bits per heavy atom. The average Bonchev–Trinajstić information content (AvgIpc) is 2.95. The van der Waals surface area contributed by atoms with Gasteiger partial charge in [-0.05, 0) is 42.1 Å². The molecule has 2 aliphatic rings. The quantitative estimate of drug-likeness (QED) is 0.475. The number of ether oxygens (including phenoxy) is 3. The maximum atomic E-state index is 12.9. The summed E-state index contributed by atoms with van der Waals surface area (Å²) in [5.41, 5.74) is 4.12. The minimum absolute atomic E-state index is 0.00879. The summed E-state index contributed by atoms with van der Waals surface area (Å²) < 4.78 is 23.2. The highest BCUT2D eigenvalue weighted by Crippen LogP contribution is 2.60. The summed E-state index contributed by atoms with van der Waals surface area (Å²) in [6, 6.07) is 6.11. The summed E-state index contributed by atoms with van der Waals surface area (Å²) in [7, 11) is 1.87. The van der Waals surface area contributed by atoms with E-state index in [2.05, 4.69) is 39.3 Å². The first-order valence-electron chi connectivity index (χ1n) is 10.0. The van der Waals surface area contributed by atoms with Crippen molar-refractivity contribution in [3.8, 4) is 5.75 Å². The molecule has 0 aliphatic heterocycles. The Hall–Kier alpha value is -1.34. The molecule has 0 amide bonds. The normalized spacial score (nSPS) is 22.5. The van der Waals surface area contributed by atoms with Crippen LogP contribution in [-0.4, -0.2) is 50.7 Å². The SMILES string of the molecule is COCOCC1=C2C(CC1=O)Cc1c(OC)cccc1C2OS(C)(C)C(C)(C)C. The standard InChI is InChI=1S/C23H34O5S/c1-23(2,3)29(6,7)28-22-16-9-8-10-20(26-5)17(16)11-15-12-19(24)18(21(15)22)13-27-14-25-4/h8-10,15,22H,11-14H2,1-7H3. The smallest absolute Gasteiger partial charge is 0.161 e. The zero-order valence-electron chi connectivity index (χ0n) is 18.7. The van der Waals surface area contributed by atoms with Crippen LogP contribution >= 0.6 is 10.3 Å². The molecule has 0 N–H and O–H groups in total. The van der Waals surface area contributed by atoms with Gasteiger partial charge in [0.2, 0.25) is 0 Å². The summed E-state index contributed by atoms with van der Waals surface area (Å²) in [5, 5.41) is 0. The molecule has 2 unspecified atom stereocenters. The van der Waals surface area contributed by atoms with Gasteiger partial charge in [0.25, 0.3) is 0 Å². The first-order chi connectivity index (χ1) is 13.6. The third kappa shape index (κ3) is 4.26. The second kappa shape index (κ2) is 8.42. The van der Waals surface area contributed by atoms with Crippen LogP contribution in [0.5, 0.6) is 5.75 Å². The van der Waals surface area contributed by atoms with Gasteiger partial charge in [0.15, 0.2) is 5.78 Å². The molecule has 0 saturated heterocycles. The van der Waals surface area contributed by atoms with Gasteiger partial charge in [0, 0.05) is 29.4 Å². The monoisotopic (exact) mass is 422 g/mol. The Kier molecular flexibility index (Phi) is 6.49. The predicted molar refractivity (Wildman–Crippen MR) is 118 cm³/mol. The van der Waals surface area contributed by atoms with E-state index in [4.69, 9.17) is 18.4 Å². The van der Waals surface area contributed by atoms with E-state index in [0.29, 0.717) is 6.42 Å². The largest absolute Gasteiger partial charge is 0.496 e. The number of methoxy groups -OCH3 is 2. The van der Waals surface area contributed by atoms with E-state index in [-0.39, 0.29) is 36.0 Å². The first-order valence-corrected chi connectivity index (χ1v) is 12.4. The zero-order valence-corrected chi connectivity index (χ0v) is 19.5. The van der Waals surface area contributed by atoms with Crippen LogP contribution in [0, 0.1) is 5.92 Å². The third-order valence-corrected chi connectivity index (χ3v) is 9.84. The van der Waals surface area contributed by atoms with Crippen LogP contribution in [-0.2, 0) is 24.9 Å². The molecule has 5 nitrogen and oxygen atoms in total. The molecular weight excluding hydrogens is 388 g/mol. The molecule has 2 atom stereocenters. The van der Waals surface area contributed by atoms with Crippen molar-refractivity contribution < 1.29 is 23.2 Å². The molecule has 29 heavy (non-hydrogen) atoms. The van der Waals surface area contributed by atoms with Crippen LogP contribution in [0.1, 0.15) is 44.4 Å². The molecule has 2 aliphatic carbocycles. The van der Waals surface area contributed by atoms with Crippen LogP contribution in [0.3, 0.4) is 0 Å². The van der Waals surface area contributed by atoms with Crippen molar-refractivity contribution in [2.45, 2.75) is 44.5 Å². The second-order valence-corrected chi connectivity index (χ2v) is 13.0. The lowest BCUT2D eigenvalue weighted by Gasteiger charge is -2.48. The molecule has 6 heteroatoms. The van der Waals surface area contributed by atoms with Crippen LogP contribution in [0.2, 0.25) is 0 Å². The minimum atomic E-state index is -1.42. The fourth-order valence-corrected chi connectivity index (χ4v) is 4.93. The molecular formula is C23H34O5S. The number of ketones is 1. The molecule has 0 heterocycles. The summed E-state index contributed by atoms with van der Waals surface area (Å²) in [6.07, 6.45) is 5.45. The number of rotatable bonds is 7. The summed E-state index contributed by atoms with van der Waals surface area (Å²) in [5.74, 6) is 1.16. The highest BCUT2D eigenvalue weighted by atomic mass is 32.3. The second-order valence-electron chi connectivity index (χ2n) is 9.07. The van der Waals surface area contributed by atoms with Gasteiger partial charge in [-0.2, -0.15) is 0 Å². The molecule has 0 fully saturated rings. The third-order valence-electron chi connectivity index (χ3n) is 6.22. The molecule has 0 aromatic heterocycles. The lowest BCUT2D eigenvalue weighted by atomic mass is 9.78. The molecule has 0 radical (unpaired) electrons. The Morgan fingerprint density at radius 2 is 1.86 bits per heavy atom. The van der Waals surface area contributed by atoms with Crippen molar-refractivity contribution in [2.75, 3.05) is 40.1 Å². The van der Waals surface area contributed by atoms with Gasteiger partial charge in [-0.25, -0.2) is 0 Å². The number of Topliss-reactive ketones (excluding diaryl/α,β-unsaturated/α-hetero) is 1. The van der Waals surface area contributed by atoms with Gasteiger partial charge in [0.1, 0.15) is 18.6 Å². The van der Waals surface area contributed by atoms with E-state index in [0.717, 1.165) is 34.4 Å². The summed E-state index contributed by atoms with van der Waals surface area (Å²) in [6.45, 7) is 7.08. The van der Waals surface area contributed by atoms with E-state index in [1.54, 1.807) is 14.2 Å². The molecule has 3 rings (SSSR count). The number of hydrogen-bond donors (Lipinski definition) is 0. The number of carbonyl (C=O) groups is 1. The lowest BCUT2D eigenvalue weighted by molar-refractivity contribution is -0.116. The first kappa shape index (κ1) is 22.3. The van der Waals surface area contributed by atoms with Crippen molar-refractivity contribution >= 4 is 16.1 Å². The highest BCUT2D eigenvalue weighted by molar-refractivity contribution is 8.29. The van der Waals surface area contributed by atoms with Gasteiger partial charge in [-0.15, -0.1) is 10.3 Å². The van der Waals surface area contributed by atoms with Gasteiger partial charge >= 0.3 is 0 Å². The van der Waals surface area contributed by atoms with Crippen molar-refractivity contribution in [3.63, 3.8) is 0 Å². The maximum Gasteiger partial charge on any atom is 0.161 e. The van der Waals surface area contributed by atoms with E-state index in [1.807, 2.05) is 12.1 Å². The van der Waals surface area contributed by atoms with Crippen molar-refractivity contribution in [1.82, 2.24) is 0 Å². The Balaban J connectivity index is 2.11. The summed E-state index contributed by atoms with van der Waals surface area (Å²) in [4.78, 5) is 12.9. The van der Waals surface area contributed by atoms with Crippen molar-refractivity contribution in [1.29, 1.82) is 0 Å². The molecule has 1 aromatic rings. The molecule has 162 valence electrons. The molecule has 0 spiro atoms. The van der Waals surface area contributed by atoms with Gasteiger partial charge in [-0.3, -0.25) is 4.79 Å². The molecule has 1 aromatic carbocycles. The zero-order chi connectivity index (χ0) is 21.4. The van der Waals surface area contributed by atoms with Crippen LogP contribution < -0.4 is 4.74 Å². The number of hydrogen-bond acceptors (Lipinski definition) is 5. The van der Waals surface area contributed by atoms with Gasteiger partial charge in [-0.1, -0.05) is 32.9 Å². The average molecular weight is 423 g/mol. The van der Waals surface area contributed by atoms with E-state index in [9.17, 15) is 4.79 Å². The number of carbonyl (C=O) groups excluding carboxylic acids is 1. The number of fused-ring (bicyclic) bond motifs is 2. The van der Waals surface area contributed by atoms with Crippen LogP contribution in [0.15, 0.2) is 29.3 Å². The number of benzene rings is 1. The molecule has 0 saturated carbocycles. The van der Waals surface area contributed by atoms with Gasteiger partial charge in [0.05, 0.1) is 13.7 Å². The highest BCUT2D eigenvalue weighted by Gasteiger charge is 2.45. The fraction of sp³-hybridized carbons (Fsp3) is 0.609. The summed E-state index contributed by atoms with van der Waals surface area (Å²) >= 11 is 0. The Morgan fingerprint density at radius 3 is 2.48 bits per heavy atom. The van der Waals surface area contributed by atoms with E-state index >= 15 is 0 Å². The van der Waals surface area contributed by atoms with Crippen molar-refractivity contribution in [2.24, 2.45) is 5.92 Å². The topological polar surface area (TPSA) is 54.0 Å². The molecule has 0 bridgehead atoms. The van der Waals surface area contributed by atoms with E-state index < -0.39 is 10.3 Å².